The number of hydrogen-bond acceptors (Lipinski definition) is 3. The van der Waals surface area contributed by atoms with E-state index in [0.717, 1.165) is 50.9 Å². The lowest BCUT2D eigenvalue weighted by Crippen LogP contribution is -2.40. The summed E-state index contributed by atoms with van der Waals surface area (Å²) in [6, 6.07) is -0.150. The molecule has 1 saturated heterocycles. The summed E-state index contributed by atoms with van der Waals surface area (Å²) in [5.74, 6) is 0.269. The van der Waals surface area contributed by atoms with Crippen LogP contribution in [0.15, 0.2) is 23.6 Å². The van der Waals surface area contributed by atoms with Crippen LogP contribution in [0.25, 0.3) is 0 Å². The number of primary amides is 1. The molecule has 22 heavy (non-hydrogen) atoms. The van der Waals surface area contributed by atoms with Crippen molar-refractivity contribution in [2.24, 2.45) is 11.7 Å². The lowest BCUT2D eigenvalue weighted by atomic mass is 9.94. The quantitative estimate of drug-likeness (QED) is 0.476. The summed E-state index contributed by atoms with van der Waals surface area (Å²) in [4.78, 5) is 11.2. The number of halogens is 1. The number of carbonyl (C=O) groups excluding carboxylic acids is 1. The van der Waals surface area contributed by atoms with Crippen molar-refractivity contribution in [3.63, 3.8) is 0 Å². The Bertz CT molecular complexity index is 403. The lowest BCUT2D eigenvalue weighted by Gasteiger charge is -2.13. The molecule has 0 aromatic heterocycles. The van der Waals surface area contributed by atoms with Crippen molar-refractivity contribution in [3.05, 3.63) is 23.6 Å². The molecule has 1 fully saturated rings. The first-order valence-electron chi connectivity index (χ1n) is 8.22. The SMILES string of the molecule is C/C(F)=C\C=C(/C)CNCCCC1CCNC(C(N)=O)CC1. The molecule has 4 N–H and O–H groups in total. The van der Waals surface area contributed by atoms with Crippen molar-refractivity contribution in [2.75, 3.05) is 19.6 Å². The van der Waals surface area contributed by atoms with Crippen LogP contribution in [0.3, 0.4) is 0 Å². The Hall–Kier alpha value is -1.20. The molecule has 1 rings (SSSR count). The van der Waals surface area contributed by atoms with Crippen molar-refractivity contribution in [3.8, 4) is 0 Å². The molecular formula is C17H30FN3O. The molecule has 0 radical (unpaired) electrons. The Labute approximate surface area is 133 Å². The van der Waals surface area contributed by atoms with Gasteiger partial charge in [0.2, 0.25) is 5.91 Å². The summed E-state index contributed by atoms with van der Waals surface area (Å²) in [5, 5.41) is 6.60. The standard InChI is InChI=1S/C17H30FN3O/c1-13(5-6-14(2)18)12-20-10-3-4-15-7-8-16(17(19)22)21-11-9-15/h5-6,15-16,20-21H,3-4,7-12H2,1-2H3,(H2,19,22)/b13-5+,14-6+. The van der Waals surface area contributed by atoms with E-state index in [4.69, 9.17) is 5.73 Å². The van der Waals surface area contributed by atoms with Gasteiger partial charge in [-0.25, -0.2) is 4.39 Å². The molecular weight excluding hydrogens is 281 g/mol. The van der Waals surface area contributed by atoms with E-state index in [1.807, 2.05) is 13.0 Å². The summed E-state index contributed by atoms with van der Waals surface area (Å²) in [5.41, 5.74) is 6.47. The van der Waals surface area contributed by atoms with Crippen molar-refractivity contribution in [1.29, 1.82) is 0 Å². The van der Waals surface area contributed by atoms with Gasteiger partial charge in [-0.1, -0.05) is 11.6 Å². The third-order valence-corrected chi connectivity index (χ3v) is 4.12. The minimum Gasteiger partial charge on any atom is -0.368 e. The summed E-state index contributed by atoms with van der Waals surface area (Å²) in [7, 11) is 0. The first-order chi connectivity index (χ1) is 10.5. The first kappa shape index (κ1) is 18.8. The third kappa shape index (κ3) is 8.29. The highest BCUT2D eigenvalue weighted by Gasteiger charge is 2.21. The molecule has 1 amide bonds. The zero-order valence-electron chi connectivity index (χ0n) is 13.8. The Kier molecular flexibility index (Phi) is 9.01. The summed E-state index contributed by atoms with van der Waals surface area (Å²) in [6.07, 6.45) is 8.63. The van der Waals surface area contributed by atoms with Gasteiger partial charge in [0, 0.05) is 6.54 Å². The highest BCUT2D eigenvalue weighted by Crippen LogP contribution is 2.21. The number of allylic oxidation sites excluding steroid dienone is 3. The van der Waals surface area contributed by atoms with Gasteiger partial charge < -0.3 is 16.4 Å². The molecule has 0 aliphatic carbocycles. The predicted molar refractivity (Wildman–Crippen MR) is 89.1 cm³/mol. The summed E-state index contributed by atoms with van der Waals surface area (Å²) in [6.45, 7) is 6.07. The van der Waals surface area contributed by atoms with Gasteiger partial charge in [0.15, 0.2) is 0 Å². The molecule has 1 aliphatic heterocycles. The van der Waals surface area contributed by atoms with Gasteiger partial charge in [-0.05, 0) is 71.0 Å². The Morgan fingerprint density at radius 1 is 1.32 bits per heavy atom. The zero-order valence-corrected chi connectivity index (χ0v) is 13.8. The molecule has 0 bridgehead atoms. The lowest BCUT2D eigenvalue weighted by molar-refractivity contribution is -0.120. The van der Waals surface area contributed by atoms with Crippen LogP contribution in [0.1, 0.15) is 46.0 Å². The van der Waals surface area contributed by atoms with Crippen LogP contribution >= 0.6 is 0 Å². The molecule has 1 aliphatic rings. The van der Waals surface area contributed by atoms with Crippen LogP contribution in [0.4, 0.5) is 4.39 Å². The van der Waals surface area contributed by atoms with Crippen LogP contribution < -0.4 is 16.4 Å². The average Bonchev–Trinajstić information content (AvgIpc) is 2.70. The fourth-order valence-electron chi connectivity index (χ4n) is 2.76. The normalized spacial score (nSPS) is 24.1. The van der Waals surface area contributed by atoms with E-state index in [1.165, 1.54) is 19.4 Å². The Morgan fingerprint density at radius 2 is 2.09 bits per heavy atom. The molecule has 2 unspecified atom stereocenters. The van der Waals surface area contributed by atoms with E-state index in [2.05, 4.69) is 10.6 Å². The van der Waals surface area contributed by atoms with Crippen molar-refractivity contribution < 1.29 is 9.18 Å². The third-order valence-electron chi connectivity index (χ3n) is 4.12. The topological polar surface area (TPSA) is 67.2 Å². The van der Waals surface area contributed by atoms with E-state index >= 15 is 0 Å². The Morgan fingerprint density at radius 3 is 2.77 bits per heavy atom. The second-order valence-electron chi connectivity index (χ2n) is 6.23. The van der Waals surface area contributed by atoms with Gasteiger partial charge in [0.05, 0.1) is 11.9 Å². The van der Waals surface area contributed by atoms with Gasteiger partial charge in [-0.3, -0.25) is 4.79 Å². The second kappa shape index (κ2) is 10.5. The fourth-order valence-corrected chi connectivity index (χ4v) is 2.76. The average molecular weight is 311 g/mol. The summed E-state index contributed by atoms with van der Waals surface area (Å²) >= 11 is 0. The first-order valence-corrected chi connectivity index (χ1v) is 8.22. The maximum absolute atomic E-state index is 12.6. The van der Waals surface area contributed by atoms with Gasteiger partial charge in [-0.2, -0.15) is 0 Å². The summed E-state index contributed by atoms with van der Waals surface area (Å²) < 4.78 is 12.6. The van der Waals surface area contributed by atoms with E-state index in [0.29, 0.717) is 5.92 Å². The molecule has 0 aromatic rings. The van der Waals surface area contributed by atoms with E-state index in [1.54, 1.807) is 0 Å². The molecule has 0 spiro atoms. The molecule has 0 saturated carbocycles. The van der Waals surface area contributed by atoms with E-state index in [9.17, 15) is 9.18 Å². The van der Waals surface area contributed by atoms with Crippen LogP contribution in [0.2, 0.25) is 0 Å². The fraction of sp³-hybridized carbons (Fsp3) is 0.706. The van der Waals surface area contributed by atoms with Crippen molar-refractivity contribution in [1.82, 2.24) is 10.6 Å². The molecule has 2 atom stereocenters. The van der Waals surface area contributed by atoms with Crippen molar-refractivity contribution >= 4 is 5.91 Å². The maximum atomic E-state index is 12.6. The number of carbonyl (C=O) groups is 1. The van der Waals surface area contributed by atoms with Gasteiger partial charge in [0.1, 0.15) is 0 Å². The molecule has 126 valence electrons. The zero-order chi connectivity index (χ0) is 16.4. The van der Waals surface area contributed by atoms with Crippen LogP contribution in [0, 0.1) is 5.92 Å². The molecule has 1 heterocycles. The highest BCUT2D eigenvalue weighted by molar-refractivity contribution is 5.79. The number of nitrogens with two attached hydrogens (primary N) is 1. The number of nitrogens with one attached hydrogen (secondary N) is 2. The van der Waals surface area contributed by atoms with E-state index in [-0.39, 0.29) is 17.8 Å². The minimum atomic E-state index is -0.234. The second-order valence-corrected chi connectivity index (χ2v) is 6.23. The molecule has 5 heteroatoms. The van der Waals surface area contributed by atoms with Crippen molar-refractivity contribution in [2.45, 2.75) is 52.0 Å². The van der Waals surface area contributed by atoms with Crippen LogP contribution in [-0.4, -0.2) is 31.6 Å². The number of hydrogen-bond donors (Lipinski definition) is 3. The Balaban J connectivity index is 2.13. The largest absolute Gasteiger partial charge is 0.368 e. The van der Waals surface area contributed by atoms with Crippen LogP contribution in [0.5, 0.6) is 0 Å². The molecule has 0 aromatic carbocycles. The number of amides is 1. The number of rotatable bonds is 8. The van der Waals surface area contributed by atoms with Gasteiger partial charge in [0.25, 0.3) is 0 Å². The van der Waals surface area contributed by atoms with Gasteiger partial charge >= 0.3 is 0 Å². The monoisotopic (exact) mass is 311 g/mol. The predicted octanol–water partition coefficient (Wildman–Crippen LogP) is 2.42. The van der Waals surface area contributed by atoms with Crippen LogP contribution in [-0.2, 0) is 4.79 Å². The van der Waals surface area contributed by atoms with E-state index < -0.39 is 0 Å². The highest BCUT2D eigenvalue weighted by atomic mass is 19.1. The smallest absolute Gasteiger partial charge is 0.234 e. The van der Waals surface area contributed by atoms with Gasteiger partial charge in [-0.15, -0.1) is 0 Å². The maximum Gasteiger partial charge on any atom is 0.234 e. The molecule has 4 nitrogen and oxygen atoms in total. The minimum absolute atomic E-state index is 0.150.